The lowest BCUT2D eigenvalue weighted by Crippen LogP contribution is -2.47. The Bertz CT molecular complexity index is 1210. The van der Waals surface area contributed by atoms with Gasteiger partial charge in [-0.2, -0.15) is 0 Å². The molecule has 3 aromatic rings. The van der Waals surface area contributed by atoms with Crippen LogP contribution in [0.3, 0.4) is 0 Å². The van der Waals surface area contributed by atoms with Gasteiger partial charge in [0.2, 0.25) is 0 Å². The molecule has 1 N–H and O–H groups in total. The minimum Gasteiger partial charge on any atom is -0.450 e. The van der Waals surface area contributed by atoms with Gasteiger partial charge in [-0.25, -0.2) is 4.79 Å². The third-order valence-corrected chi connectivity index (χ3v) is 7.35. The monoisotopic (exact) mass is 524 g/mol. The molecule has 1 aromatic heterocycles. The average molecular weight is 525 g/mol. The van der Waals surface area contributed by atoms with Crippen molar-refractivity contribution >= 4 is 38.8 Å². The molecule has 2 aromatic carbocycles. The van der Waals surface area contributed by atoms with Crippen LogP contribution >= 0.6 is 15.9 Å². The highest BCUT2D eigenvalue weighted by Gasteiger charge is 2.35. The van der Waals surface area contributed by atoms with Crippen LogP contribution in [0, 0.1) is 0 Å². The number of piperazine rings is 1. The number of rotatable bonds is 3. The Hall–Kier alpha value is -2.84. The molecule has 0 spiro atoms. The largest absolute Gasteiger partial charge is 0.450 e. The number of likely N-dealkylation sites (N-methyl/N-ethyl adjacent to an activating group) is 1. The number of hydrogen-bond acceptors (Lipinski definition) is 4. The number of nitrogens with zero attached hydrogens (tertiary/aromatic N) is 3. The number of nitrogens with one attached hydrogen (secondary N) is 1. The number of ether oxygens (including phenoxy) is 1. The van der Waals surface area contributed by atoms with E-state index in [1.54, 1.807) is 4.90 Å². The molecule has 1 atom stereocenters. The number of halogens is 1. The molecule has 3 heterocycles. The van der Waals surface area contributed by atoms with Crippen LogP contribution < -0.4 is 0 Å². The van der Waals surface area contributed by atoms with E-state index in [-0.39, 0.29) is 18.0 Å². The fraction of sp³-hybridized carbons (Fsp3) is 0.385. The van der Waals surface area contributed by atoms with Crippen molar-refractivity contribution in [2.75, 3.05) is 46.4 Å². The first-order chi connectivity index (χ1) is 16.5. The molecule has 5 rings (SSSR count). The molecule has 7 nitrogen and oxygen atoms in total. The van der Waals surface area contributed by atoms with Crippen LogP contribution in [0.4, 0.5) is 4.79 Å². The standard InChI is InChI=1S/C26H29BrN4O3/c1-3-34-26(33)31-11-10-20-21-16-19(27)8-9-22(21)28-23(20)24(31)17-4-6-18(7-5-17)25(32)30-14-12-29(2)13-15-30/h4-9,16,24,28H,3,10-15H2,1-2H3. The Morgan fingerprint density at radius 2 is 1.79 bits per heavy atom. The molecule has 8 heteroatoms. The van der Waals surface area contributed by atoms with Gasteiger partial charge in [0.15, 0.2) is 0 Å². The van der Waals surface area contributed by atoms with E-state index in [9.17, 15) is 9.59 Å². The quantitative estimate of drug-likeness (QED) is 0.550. The van der Waals surface area contributed by atoms with E-state index in [1.165, 1.54) is 10.9 Å². The van der Waals surface area contributed by atoms with Crippen LogP contribution in [0.5, 0.6) is 0 Å². The van der Waals surface area contributed by atoms with Crippen LogP contribution in [-0.2, 0) is 11.2 Å². The highest BCUT2D eigenvalue weighted by Crippen LogP contribution is 2.39. The number of H-pyrrole nitrogens is 1. The fourth-order valence-electron chi connectivity index (χ4n) is 5.01. The summed E-state index contributed by atoms with van der Waals surface area (Å²) < 4.78 is 6.42. The Balaban J connectivity index is 1.50. The van der Waals surface area contributed by atoms with E-state index < -0.39 is 0 Å². The van der Waals surface area contributed by atoms with Gasteiger partial charge in [-0.05, 0) is 61.9 Å². The summed E-state index contributed by atoms with van der Waals surface area (Å²) in [5, 5.41) is 1.17. The second-order valence-corrected chi connectivity index (χ2v) is 9.89. The van der Waals surface area contributed by atoms with Crippen LogP contribution in [-0.4, -0.2) is 78.1 Å². The topological polar surface area (TPSA) is 68.9 Å². The van der Waals surface area contributed by atoms with Gasteiger partial charge in [0.05, 0.1) is 6.61 Å². The lowest BCUT2D eigenvalue weighted by molar-refractivity contribution is 0.0663. The molecule has 1 unspecified atom stereocenters. The molecule has 0 radical (unpaired) electrons. The van der Waals surface area contributed by atoms with Gasteiger partial charge in [0.1, 0.15) is 6.04 Å². The predicted octanol–water partition coefficient (Wildman–Crippen LogP) is 4.42. The zero-order valence-electron chi connectivity index (χ0n) is 19.5. The van der Waals surface area contributed by atoms with Crippen molar-refractivity contribution in [2.45, 2.75) is 19.4 Å². The van der Waals surface area contributed by atoms with E-state index in [4.69, 9.17) is 4.74 Å². The first kappa shape index (κ1) is 22.9. The number of aromatic amines is 1. The molecule has 0 bridgehead atoms. The van der Waals surface area contributed by atoms with Gasteiger partial charge < -0.3 is 19.5 Å². The van der Waals surface area contributed by atoms with Gasteiger partial charge in [0.25, 0.3) is 5.91 Å². The zero-order valence-corrected chi connectivity index (χ0v) is 21.1. The van der Waals surface area contributed by atoms with Gasteiger partial charge in [-0.1, -0.05) is 28.1 Å². The maximum Gasteiger partial charge on any atom is 0.410 e. The number of carbonyl (C=O) groups excluding carboxylic acids is 2. The van der Waals surface area contributed by atoms with Crippen molar-refractivity contribution < 1.29 is 14.3 Å². The molecular weight excluding hydrogens is 496 g/mol. The normalized spacial score (nSPS) is 18.7. The predicted molar refractivity (Wildman–Crippen MR) is 135 cm³/mol. The average Bonchev–Trinajstić information content (AvgIpc) is 3.21. The van der Waals surface area contributed by atoms with Gasteiger partial charge >= 0.3 is 6.09 Å². The third-order valence-electron chi connectivity index (χ3n) is 6.86. The lowest BCUT2D eigenvalue weighted by Gasteiger charge is -2.35. The number of hydrogen-bond donors (Lipinski definition) is 1. The van der Waals surface area contributed by atoms with E-state index in [0.717, 1.165) is 53.8 Å². The number of fused-ring (bicyclic) bond motifs is 3. The summed E-state index contributed by atoms with van der Waals surface area (Å²) in [5.41, 5.74) is 4.90. The molecule has 34 heavy (non-hydrogen) atoms. The first-order valence-corrected chi connectivity index (χ1v) is 12.6. The molecule has 2 aliphatic heterocycles. The van der Waals surface area contributed by atoms with E-state index in [1.807, 2.05) is 42.2 Å². The Morgan fingerprint density at radius 3 is 2.50 bits per heavy atom. The second-order valence-electron chi connectivity index (χ2n) is 8.97. The van der Waals surface area contributed by atoms with Crippen molar-refractivity contribution in [1.29, 1.82) is 0 Å². The number of benzene rings is 2. The van der Waals surface area contributed by atoms with Crippen molar-refractivity contribution in [3.63, 3.8) is 0 Å². The molecule has 178 valence electrons. The molecule has 0 saturated carbocycles. The van der Waals surface area contributed by atoms with E-state index in [2.05, 4.69) is 45.0 Å². The van der Waals surface area contributed by atoms with Crippen molar-refractivity contribution in [3.05, 3.63) is 69.3 Å². The van der Waals surface area contributed by atoms with Gasteiger partial charge in [-0.15, -0.1) is 0 Å². The summed E-state index contributed by atoms with van der Waals surface area (Å²) in [7, 11) is 2.08. The maximum absolute atomic E-state index is 13.0. The smallest absolute Gasteiger partial charge is 0.410 e. The summed E-state index contributed by atoms with van der Waals surface area (Å²) >= 11 is 3.58. The van der Waals surface area contributed by atoms with Crippen molar-refractivity contribution in [1.82, 2.24) is 19.7 Å². The summed E-state index contributed by atoms with van der Waals surface area (Å²) in [6.07, 6.45) is 0.428. The highest BCUT2D eigenvalue weighted by molar-refractivity contribution is 9.10. The van der Waals surface area contributed by atoms with Crippen LogP contribution in [0.2, 0.25) is 0 Å². The summed E-state index contributed by atoms with van der Waals surface area (Å²) in [4.78, 5) is 35.4. The molecule has 2 amide bonds. The van der Waals surface area contributed by atoms with E-state index >= 15 is 0 Å². The molecular formula is C26H29BrN4O3. The maximum atomic E-state index is 13.0. The number of carbonyl (C=O) groups is 2. The van der Waals surface area contributed by atoms with Crippen LogP contribution in [0.1, 0.15) is 40.1 Å². The molecule has 1 fully saturated rings. The molecule has 0 aliphatic carbocycles. The summed E-state index contributed by atoms with van der Waals surface area (Å²) in [6.45, 7) is 5.97. The minimum absolute atomic E-state index is 0.0571. The lowest BCUT2D eigenvalue weighted by atomic mass is 9.92. The highest BCUT2D eigenvalue weighted by atomic mass is 79.9. The van der Waals surface area contributed by atoms with E-state index in [0.29, 0.717) is 18.7 Å². The van der Waals surface area contributed by atoms with Gasteiger partial charge in [-0.3, -0.25) is 9.69 Å². The molecule has 1 saturated heterocycles. The summed E-state index contributed by atoms with van der Waals surface area (Å²) in [6, 6.07) is 13.6. The number of amides is 2. The Morgan fingerprint density at radius 1 is 1.06 bits per heavy atom. The second kappa shape index (κ2) is 9.43. The summed E-state index contributed by atoms with van der Waals surface area (Å²) in [5.74, 6) is 0.0571. The number of aromatic nitrogens is 1. The first-order valence-electron chi connectivity index (χ1n) is 11.8. The molecule has 2 aliphatic rings. The Labute approximate surface area is 207 Å². The van der Waals surface area contributed by atoms with Crippen LogP contribution in [0.15, 0.2) is 46.9 Å². The van der Waals surface area contributed by atoms with Gasteiger partial charge in [0, 0.05) is 59.4 Å². The van der Waals surface area contributed by atoms with Crippen molar-refractivity contribution in [2.24, 2.45) is 0 Å². The zero-order chi connectivity index (χ0) is 23.8. The fourth-order valence-corrected chi connectivity index (χ4v) is 5.37. The van der Waals surface area contributed by atoms with Crippen LogP contribution in [0.25, 0.3) is 10.9 Å². The third kappa shape index (κ3) is 4.20. The van der Waals surface area contributed by atoms with Crippen molar-refractivity contribution in [3.8, 4) is 0 Å². The minimum atomic E-state index is -0.324. The Kier molecular flexibility index (Phi) is 6.36. The SMILES string of the molecule is CCOC(=O)N1CCc2c([nH]c3ccc(Br)cc23)C1c1ccc(C(=O)N2CCN(C)CC2)cc1.